The molecule has 7 heteroatoms. The van der Waals surface area contributed by atoms with E-state index < -0.39 is 5.82 Å². The second kappa shape index (κ2) is 6.74. The van der Waals surface area contributed by atoms with E-state index in [0.717, 1.165) is 23.9 Å². The van der Waals surface area contributed by atoms with Gasteiger partial charge in [0, 0.05) is 48.6 Å². The zero-order valence-corrected chi connectivity index (χ0v) is 15.3. The van der Waals surface area contributed by atoms with Crippen LogP contribution < -0.4 is 5.32 Å². The van der Waals surface area contributed by atoms with Crippen LogP contribution in [-0.2, 0) is 6.54 Å². The number of halogens is 1. The van der Waals surface area contributed by atoms with Gasteiger partial charge in [-0.05, 0) is 32.0 Å². The van der Waals surface area contributed by atoms with E-state index in [0.29, 0.717) is 36.6 Å². The number of nitrogens with one attached hydrogen (secondary N) is 1. The molecule has 0 radical (unpaired) electrons. The van der Waals surface area contributed by atoms with Gasteiger partial charge in [-0.1, -0.05) is 0 Å². The summed E-state index contributed by atoms with van der Waals surface area (Å²) in [6.45, 7) is 6.28. The molecule has 2 aromatic rings. The monoisotopic (exact) mass is 368 g/mol. The summed E-state index contributed by atoms with van der Waals surface area (Å²) < 4.78 is 14.4. The highest BCUT2D eigenvalue weighted by molar-refractivity contribution is 6.11. The summed E-state index contributed by atoms with van der Waals surface area (Å²) in [5, 5.41) is 12.8. The van der Waals surface area contributed by atoms with Gasteiger partial charge in [0.05, 0.1) is 23.5 Å². The molecule has 140 valence electrons. The van der Waals surface area contributed by atoms with Crippen LogP contribution in [0.15, 0.2) is 29.3 Å². The van der Waals surface area contributed by atoms with E-state index in [4.69, 9.17) is 0 Å². The molecule has 1 aromatic carbocycles. The van der Waals surface area contributed by atoms with Crippen LogP contribution in [0.25, 0.3) is 11.3 Å². The Labute approximate surface area is 156 Å². The van der Waals surface area contributed by atoms with E-state index >= 15 is 0 Å². The second-order valence-corrected chi connectivity index (χ2v) is 7.05. The fourth-order valence-corrected chi connectivity index (χ4v) is 3.69. The number of hydrogen-bond acceptors (Lipinski definition) is 5. The first kappa shape index (κ1) is 17.6. The third-order valence-electron chi connectivity index (χ3n) is 5.04. The van der Waals surface area contributed by atoms with Crippen molar-refractivity contribution in [2.24, 2.45) is 4.99 Å². The number of hydrogen-bond donors (Lipinski definition) is 2. The van der Waals surface area contributed by atoms with Crippen molar-refractivity contribution in [3.63, 3.8) is 0 Å². The largest absolute Gasteiger partial charge is 0.508 e. The summed E-state index contributed by atoms with van der Waals surface area (Å²) in [6, 6.07) is 5.80. The molecule has 27 heavy (non-hydrogen) atoms. The van der Waals surface area contributed by atoms with Crippen LogP contribution in [0, 0.1) is 5.82 Å². The lowest BCUT2D eigenvalue weighted by Gasteiger charge is -2.32. The van der Waals surface area contributed by atoms with Gasteiger partial charge >= 0.3 is 0 Å². The van der Waals surface area contributed by atoms with Gasteiger partial charge in [0.25, 0.3) is 5.91 Å². The van der Waals surface area contributed by atoms with E-state index in [1.54, 1.807) is 6.07 Å². The molecule has 0 spiro atoms. The molecule has 6 nitrogen and oxygen atoms in total. The first-order chi connectivity index (χ1) is 12.9. The van der Waals surface area contributed by atoms with Gasteiger partial charge in [-0.25, -0.2) is 9.37 Å². The first-order valence-electron chi connectivity index (χ1n) is 9.01. The SMILES string of the molecule is CC1=NCc2nc(-c3ccc(O)cc3F)cc(C(=O)N3CCN[C@@H](C)C3)c21. The van der Waals surface area contributed by atoms with E-state index in [-0.39, 0.29) is 23.3 Å². The topological polar surface area (TPSA) is 77.8 Å². The third kappa shape index (κ3) is 3.19. The van der Waals surface area contributed by atoms with E-state index in [1.807, 2.05) is 18.7 Å². The van der Waals surface area contributed by atoms with Crippen molar-refractivity contribution in [3.05, 3.63) is 46.9 Å². The molecular weight excluding hydrogens is 347 g/mol. The Morgan fingerprint density at radius 3 is 2.93 bits per heavy atom. The van der Waals surface area contributed by atoms with E-state index in [1.165, 1.54) is 12.1 Å². The number of carbonyl (C=O) groups excluding carboxylic acids is 1. The molecule has 4 rings (SSSR count). The van der Waals surface area contributed by atoms with Gasteiger partial charge in [0.2, 0.25) is 0 Å². The number of rotatable bonds is 2. The molecule has 1 aromatic heterocycles. The molecule has 2 N–H and O–H groups in total. The van der Waals surface area contributed by atoms with Crippen LogP contribution in [0.1, 0.15) is 35.5 Å². The Balaban J connectivity index is 1.81. The zero-order valence-electron chi connectivity index (χ0n) is 15.3. The lowest BCUT2D eigenvalue weighted by Crippen LogP contribution is -2.51. The van der Waals surface area contributed by atoms with Crippen molar-refractivity contribution in [1.29, 1.82) is 0 Å². The molecule has 0 aliphatic carbocycles. The highest BCUT2D eigenvalue weighted by Gasteiger charge is 2.29. The normalized spacial score (nSPS) is 19.0. The standard InChI is InChI=1S/C20H21FN4O2/c1-11-10-25(6-5-22-11)20(27)15-8-17(14-4-3-13(26)7-16(14)21)24-18-9-23-12(2)19(15)18/h3-4,7-8,11,22,26H,5-6,9-10H2,1-2H3/t11-/m0/s1. The van der Waals surface area contributed by atoms with Crippen LogP contribution in [0.2, 0.25) is 0 Å². The number of aromatic hydroxyl groups is 1. The number of fused-ring (bicyclic) bond motifs is 1. The molecule has 3 heterocycles. The average Bonchev–Trinajstić information content (AvgIpc) is 3.01. The van der Waals surface area contributed by atoms with Crippen LogP contribution >= 0.6 is 0 Å². The first-order valence-corrected chi connectivity index (χ1v) is 9.01. The maximum absolute atomic E-state index is 14.4. The summed E-state index contributed by atoms with van der Waals surface area (Å²) in [4.78, 5) is 24.0. The predicted octanol–water partition coefficient (Wildman–Crippen LogP) is 2.35. The quantitative estimate of drug-likeness (QED) is 0.853. The average molecular weight is 368 g/mol. The van der Waals surface area contributed by atoms with Crippen LogP contribution in [0.4, 0.5) is 4.39 Å². The summed E-state index contributed by atoms with van der Waals surface area (Å²) in [5.41, 5.74) is 3.36. The molecule has 0 bridgehead atoms. The maximum atomic E-state index is 14.4. The van der Waals surface area contributed by atoms with Crippen molar-refractivity contribution in [2.45, 2.75) is 26.4 Å². The minimum atomic E-state index is -0.577. The number of amides is 1. The smallest absolute Gasteiger partial charge is 0.254 e. The lowest BCUT2D eigenvalue weighted by atomic mass is 9.98. The summed E-state index contributed by atoms with van der Waals surface area (Å²) in [5.74, 6) is -0.811. The number of aromatic nitrogens is 1. The van der Waals surface area contributed by atoms with E-state index in [2.05, 4.69) is 15.3 Å². The summed E-state index contributed by atoms with van der Waals surface area (Å²) >= 11 is 0. The van der Waals surface area contributed by atoms with Crippen molar-refractivity contribution in [3.8, 4) is 17.0 Å². The number of aliphatic imine (C=N–C) groups is 1. The molecular formula is C20H21FN4O2. The van der Waals surface area contributed by atoms with E-state index in [9.17, 15) is 14.3 Å². The Morgan fingerprint density at radius 2 is 2.19 bits per heavy atom. The highest BCUT2D eigenvalue weighted by atomic mass is 19.1. The number of carbonyl (C=O) groups is 1. The van der Waals surface area contributed by atoms with Crippen molar-refractivity contribution >= 4 is 11.6 Å². The maximum Gasteiger partial charge on any atom is 0.254 e. The van der Waals surface area contributed by atoms with Gasteiger partial charge in [0.15, 0.2) is 0 Å². The van der Waals surface area contributed by atoms with Crippen LogP contribution in [-0.4, -0.2) is 52.3 Å². The third-order valence-corrected chi connectivity index (χ3v) is 5.04. The van der Waals surface area contributed by atoms with Crippen molar-refractivity contribution < 1.29 is 14.3 Å². The van der Waals surface area contributed by atoms with Crippen LogP contribution in [0.5, 0.6) is 5.75 Å². The predicted molar refractivity (Wildman–Crippen MR) is 101 cm³/mol. The number of phenols is 1. The molecule has 0 saturated carbocycles. The Bertz CT molecular complexity index is 957. The number of benzene rings is 1. The Kier molecular flexibility index (Phi) is 4.39. The highest BCUT2D eigenvalue weighted by Crippen LogP contribution is 2.30. The molecule has 2 aliphatic heterocycles. The van der Waals surface area contributed by atoms with Crippen molar-refractivity contribution in [2.75, 3.05) is 19.6 Å². The fourth-order valence-electron chi connectivity index (χ4n) is 3.69. The van der Waals surface area contributed by atoms with Gasteiger partial charge < -0.3 is 15.3 Å². The second-order valence-electron chi connectivity index (χ2n) is 7.05. The lowest BCUT2D eigenvalue weighted by molar-refractivity contribution is 0.0708. The minimum Gasteiger partial charge on any atom is -0.508 e. The molecule has 2 aliphatic rings. The number of phenolic OH excluding ortho intramolecular Hbond substituents is 1. The Morgan fingerprint density at radius 1 is 1.37 bits per heavy atom. The molecule has 1 atom stereocenters. The zero-order chi connectivity index (χ0) is 19.1. The number of pyridine rings is 1. The number of nitrogens with zero attached hydrogens (tertiary/aromatic N) is 3. The molecule has 1 fully saturated rings. The molecule has 0 unspecified atom stereocenters. The summed E-state index contributed by atoms with van der Waals surface area (Å²) in [6.07, 6.45) is 0. The Hall–Kier alpha value is -2.80. The number of piperazine rings is 1. The fraction of sp³-hybridized carbons (Fsp3) is 0.350. The van der Waals surface area contributed by atoms with Crippen LogP contribution in [0.3, 0.4) is 0 Å². The molecule has 1 amide bonds. The minimum absolute atomic E-state index is 0.0844. The van der Waals surface area contributed by atoms with Gasteiger partial charge in [-0.15, -0.1) is 0 Å². The van der Waals surface area contributed by atoms with Gasteiger partial charge in [-0.3, -0.25) is 9.79 Å². The molecule has 1 saturated heterocycles. The summed E-state index contributed by atoms with van der Waals surface area (Å²) in [7, 11) is 0. The van der Waals surface area contributed by atoms with Crippen molar-refractivity contribution in [1.82, 2.24) is 15.2 Å². The van der Waals surface area contributed by atoms with Gasteiger partial charge in [-0.2, -0.15) is 0 Å². The van der Waals surface area contributed by atoms with Gasteiger partial charge in [0.1, 0.15) is 11.6 Å².